The van der Waals surface area contributed by atoms with Gasteiger partial charge in [0.15, 0.2) is 11.5 Å². The average molecular weight is 242 g/mol. The van der Waals surface area contributed by atoms with Gasteiger partial charge < -0.3 is 9.47 Å². The standard InChI is InChI=1S/C15H14O3/c1-3-4-5-6-7-10-18-14-9-8-13(12-16)11-15(14)17-2/h4-12H,1H2,2H3/b6-5-,10-7+. The second-order valence-electron chi connectivity index (χ2n) is 3.23. The third-order valence-electron chi connectivity index (χ3n) is 2.03. The smallest absolute Gasteiger partial charge is 0.168 e. The van der Waals surface area contributed by atoms with Crippen LogP contribution in [0.1, 0.15) is 10.4 Å². The molecule has 0 heterocycles. The van der Waals surface area contributed by atoms with Crippen LogP contribution >= 0.6 is 0 Å². The summed E-state index contributed by atoms with van der Waals surface area (Å²) in [6.45, 7) is 3.43. The minimum absolute atomic E-state index is 0.513. The van der Waals surface area contributed by atoms with Gasteiger partial charge in [-0.05, 0) is 30.4 Å². The highest BCUT2D eigenvalue weighted by atomic mass is 16.5. The first kappa shape index (κ1) is 13.6. The summed E-state index contributed by atoms with van der Waals surface area (Å²) in [6.07, 6.45) is 9.24. The van der Waals surface area contributed by atoms with Crippen LogP contribution in [0.5, 0.6) is 11.5 Å². The molecule has 0 aromatic heterocycles. The van der Waals surface area contributed by atoms with Gasteiger partial charge in [0, 0.05) is 5.56 Å². The summed E-state index contributed by atoms with van der Waals surface area (Å²) < 4.78 is 10.5. The van der Waals surface area contributed by atoms with E-state index in [1.54, 1.807) is 42.5 Å². The Labute approximate surface area is 106 Å². The van der Waals surface area contributed by atoms with Crippen LogP contribution in [0.25, 0.3) is 0 Å². The van der Waals surface area contributed by atoms with Gasteiger partial charge in [-0.25, -0.2) is 0 Å². The van der Waals surface area contributed by atoms with Crippen LogP contribution in [0.15, 0.2) is 61.1 Å². The molecule has 3 heteroatoms. The molecule has 0 aliphatic rings. The number of carbonyl (C=O) groups is 1. The number of aldehydes is 1. The second kappa shape index (κ2) is 7.71. The maximum atomic E-state index is 10.6. The number of hydrogen-bond donors (Lipinski definition) is 0. The van der Waals surface area contributed by atoms with Crippen molar-refractivity contribution in [2.45, 2.75) is 0 Å². The summed E-state index contributed by atoms with van der Waals surface area (Å²) in [5.74, 6) is 1.06. The lowest BCUT2D eigenvalue weighted by Crippen LogP contribution is -1.91. The summed E-state index contributed by atoms with van der Waals surface area (Å²) in [6, 6.07) is 4.96. The van der Waals surface area contributed by atoms with Crippen LogP contribution in [0.3, 0.4) is 0 Å². The fourth-order valence-corrected chi connectivity index (χ4v) is 1.20. The van der Waals surface area contributed by atoms with E-state index >= 15 is 0 Å². The molecular weight excluding hydrogens is 228 g/mol. The highest BCUT2D eigenvalue weighted by Crippen LogP contribution is 2.27. The third-order valence-corrected chi connectivity index (χ3v) is 2.03. The molecule has 0 bridgehead atoms. The molecule has 0 fully saturated rings. The van der Waals surface area contributed by atoms with Gasteiger partial charge in [-0.2, -0.15) is 0 Å². The summed E-state index contributed by atoms with van der Waals surface area (Å²) in [5, 5.41) is 0. The van der Waals surface area contributed by atoms with Crippen LogP contribution in [0.2, 0.25) is 0 Å². The van der Waals surface area contributed by atoms with E-state index in [-0.39, 0.29) is 0 Å². The predicted molar refractivity (Wildman–Crippen MR) is 71.0 cm³/mol. The highest BCUT2D eigenvalue weighted by Gasteiger charge is 2.03. The largest absolute Gasteiger partial charge is 0.493 e. The van der Waals surface area contributed by atoms with E-state index in [2.05, 4.69) is 12.3 Å². The van der Waals surface area contributed by atoms with Gasteiger partial charge in [0.25, 0.3) is 0 Å². The molecule has 0 spiro atoms. The quantitative estimate of drug-likeness (QED) is 0.332. The molecule has 0 unspecified atom stereocenters. The molecule has 3 nitrogen and oxygen atoms in total. The Bertz CT molecular complexity index is 506. The Kier molecular flexibility index (Phi) is 5.81. The van der Waals surface area contributed by atoms with Crippen molar-refractivity contribution in [2.24, 2.45) is 0 Å². The SMILES string of the molecule is C=C=C/C=C\C=C\Oc1ccc(C=O)cc1OC. The molecule has 0 N–H and O–H groups in total. The molecule has 1 rings (SSSR count). The first-order valence-electron chi connectivity index (χ1n) is 5.29. The van der Waals surface area contributed by atoms with E-state index in [1.807, 2.05) is 0 Å². The summed E-state index contributed by atoms with van der Waals surface area (Å²) in [4.78, 5) is 10.6. The molecule has 0 radical (unpaired) electrons. The van der Waals surface area contributed by atoms with Crippen molar-refractivity contribution >= 4 is 6.29 Å². The number of carbonyl (C=O) groups excluding carboxylic acids is 1. The number of benzene rings is 1. The fourth-order valence-electron chi connectivity index (χ4n) is 1.20. The number of ether oxygens (including phenoxy) is 2. The number of allylic oxidation sites excluding steroid dienone is 4. The molecule has 18 heavy (non-hydrogen) atoms. The van der Waals surface area contributed by atoms with Gasteiger partial charge in [-0.1, -0.05) is 18.7 Å². The molecule has 0 saturated carbocycles. The zero-order chi connectivity index (χ0) is 13.2. The van der Waals surface area contributed by atoms with Gasteiger partial charge in [-0.15, -0.1) is 5.73 Å². The Morgan fingerprint density at radius 3 is 2.72 bits per heavy atom. The van der Waals surface area contributed by atoms with Crippen molar-refractivity contribution in [3.63, 3.8) is 0 Å². The topological polar surface area (TPSA) is 35.5 Å². The van der Waals surface area contributed by atoms with E-state index < -0.39 is 0 Å². The number of rotatable bonds is 6. The van der Waals surface area contributed by atoms with Crippen molar-refractivity contribution in [1.82, 2.24) is 0 Å². The Hall–Kier alpha value is -2.51. The molecule has 0 aliphatic heterocycles. The summed E-state index contributed by atoms with van der Waals surface area (Å²) in [5.41, 5.74) is 3.16. The maximum Gasteiger partial charge on any atom is 0.168 e. The Balaban J connectivity index is 2.72. The van der Waals surface area contributed by atoms with Gasteiger partial charge in [0.1, 0.15) is 6.29 Å². The van der Waals surface area contributed by atoms with Crippen LogP contribution in [0.4, 0.5) is 0 Å². The van der Waals surface area contributed by atoms with Gasteiger partial charge >= 0.3 is 0 Å². The van der Waals surface area contributed by atoms with E-state index in [0.29, 0.717) is 17.1 Å². The zero-order valence-electron chi connectivity index (χ0n) is 10.1. The van der Waals surface area contributed by atoms with E-state index in [4.69, 9.17) is 9.47 Å². The van der Waals surface area contributed by atoms with Gasteiger partial charge in [0.2, 0.25) is 0 Å². The van der Waals surface area contributed by atoms with E-state index in [9.17, 15) is 4.79 Å². The minimum Gasteiger partial charge on any atom is -0.493 e. The van der Waals surface area contributed by atoms with E-state index in [0.717, 1.165) is 6.29 Å². The average Bonchev–Trinajstić information content (AvgIpc) is 2.42. The Morgan fingerprint density at radius 1 is 1.22 bits per heavy atom. The molecule has 0 saturated heterocycles. The Morgan fingerprint density at radius 2 is 2.06 bits per heavy atom. The number of hydrogen-bond acceptors (Lipinski definition) is 3. The summed E-state index contributed by atoms with van der Waals surface area (Å²) in [7, 11) is 1.52. The van der Waals surface area contributed by atoms with Crippen molar-refractivity contribution < 1.29 is 14.3 Å². The molecule has 0 aliphatic carbocycles. The van der Waals surface area contributed by atoms with Crippen LogP contribution in [-0.4, -0.2) is 13.4 Å². The maximum absolute atomic E-state index is 10.6. The van der Waals surface area contributed by atoms with Crippen LogP contribution < -0.4 is 9.47 Å². The molecule has 1 aromatic rings. The van der Waals surface area contributed by atoms with Crippen LogP contribution in [0, 0.1) is 0 Å². The van der Waals surface area contributed by atoms with E-state index in [1.165, 1.54) is 13.4 Å². The predicted octanol–water partition coefficient (Wildman–Crippen LogP) is 3.30. The summed E-state index contributed by atoms with van der Waals surface area (Å²) >= 11 is 0. The molecule has 0 atom stereocenters. The monoisotopic (exact) mass is 242 g/mol. The van der Waals surface area contributed by atoms with Crippen LogP contribution in [-0.2, 0) is 0 Å². The van der Waals surface area contributed by atoms with Crippen molar-refractivity contribution in [3.05, 3.63) is 66.6 Å². The molecular formula is C15H14O3. The zero-order valence-corrected chi connectivity index (χ0v) is 10.1. The second-order valence-corrected chi connectivity index (χ2v) is 3.23. The van der Waals surface area contributed by atoms with Crippen molar-refractivity contribution in [2.75, 3.05) is 7.11 Å². The minimum atomic E-state index is 0.513. The lowest BCUT2D eigenvalue weighted by atomic mass is 10.2. The molecule has 92 valence electrons. The van der Waals surface area contributed by atoms with Crippen molar-refractivity contribution in [3.8, 4) is 11.5 Å². The lowest BCUT2D eigenvalue weighted by molar-refractivity contribution is 0.112. The van der Waals surface area contributed by atoms with Gasteiger partial charge in [-0.3, -0.25) is 4.79 Å². The first-order chi connectivity index (χ1) is 8.81. The normalized spacial score (nSPS) is 10.3. The molecule has 1 aromatic carbocycles. The lowest BCUT2D eigenvalue weighted by Gasteiger charge is -2.07. The van der Waals surface area contributed by atoms with Crippen molar-refractivity contribution in [1.29, 1.82) is 0 Å². The van der Waals surface area contributed by atoms with Gasteiger partial charge in [0.05, 0.1) is 13.4 Å². The highest BCUT2D eigenvalue weighted by molar-refractivity contribution is 5.76. The fraction of sp³-hybridized carbons (Fsp3) is 0.0667. The first-order valence-corrected chi connectivity index (χ1v) is 5.29. The number of methoxy groups -OCH3 is 1. The molecule has 0 amide bonds. The third kappa shape index (κ3) is 4.16.